The lowest BCUT2D eigenvalue weighted by Gasteiger charge is -2.34. The van der Waals surface area contributed by atoms with E-state index in [4.69, 9.17) is 0 Å². The van der Waals surface area contributed by atoms with Gasteiger partial charge >= 0.3 is 0 Å². The minimum atomic E-state index is -0.792. The maximum Gasteiger partial charge on any atom is 0.105 e. The lowest BCUT2D eigenvalue weighted by molar-refractivity contribution is -0.00404. The molecule has 2 N–H and O–H groups in total. The third-order valence-electron chi connectivity index (χ3n) is 3.73. The first kappa shape index (κ1) is 13.5. The van der Waals surface area contributed by atoms with Crippen LogP contribution in [0.3, 0.4) is 0 Å². The number of hydrogen-bond donors (Lipinski definition) is 2. The highest BCUT2D eigenvalue weighted by Gasteiger charge is 2.34. The molecule has 2 rings (SSSR count). The molecule has 0 saturated carbocycles. The molecule has 1 aromatic carbocycles. The molecule has 2 nitrogen and oxygen atoms in total. The first-order valence-electron chi connectivity index (χ1n) is 6.49. The zero-order chi connectivity index (χ0) is 13.2. The van der Waals surface area contributed by atoms with Gasteiger partial charge in [0.25, 0.3) is 0 Å². The van der Waals surface area contributed by atoms with E-state index in [2.05, 4.69) is 41.9 Å². The zero-order valence-corrected chi connectivity index (χ0v) is 12.1. The third kappa shape index (κ3) is 2.30. The average Bonchev–Trinajstić information content (AvgIpc) is 2.85. The summed E-state index contributed by atoms with van der Waals surface area (Å²) in [5.74, 6) is 0. The Balaban J connectivity index is 2.46. The minimum absolute atomic E-state index is 0.0357. The molecule has 1 heterocycles. The van der Waals surface area contributed by atoms with Gasteiger partial charge < -0.3 is 10.4 Å². The van der Waals surface area contributed by atoms with Gasteiger partial charge in [-0.1, -0.05) is 19.4 Å². The molecule has 0 spiro atoms. The fraction of sp³-hybridized carbons (Fsp3) is 0.467. The number of hydrogen-bond acceptors (Lipinski definition) is 3. The molecular weight excluding hydrogens is 242 g/mol. The van der Waals surface area contributed by atoms with Crippen LogP contribution in [0, 0.1) is 0 Å². The van der Waals surface area contributed by atoms with Gasteiger partial charge in [-0.3, -0.25) is 0 Å². The second-order valence-corrected chi connectivity index (χ2v) is 5.81. The summed E-state index contributed by atoms with van der Waals surface area (Å²) in [6.45, 7) is 4.14. The number of aliphatic hydroxyl groups is 1. The van der Waals surface area contributed by atoms with Gasteiger partial charge in [0, 0.05) is 10.7 Å². The Bertz CT molecular complexity index is 522. The van der Waals surface area contributed by atoms with Crippen molar-refractivity contribution in [3.8, 4) is 0 Å². The molecule has 0 aliphatic heterocycles. The van der Waals surface area contributed by atoms with E-state index in [9.17, 15) is 5.11 Å². The van der Waals surface area contributed by atoms with Crippen LogP contribution >= 0.6 is 11.3 Å². The number of benzene rings is 1. The fourth-order valence-corrected chi connectivity index (χ4v) is 3.24. The van der Waals surface area contributed by atoms with E-state index in [-0.39, 0.29) is 6.04 Å². The molecule has 1 aromatic heterocycles. The molecular formula is C15H21NOS. The van der Waals surface area contributed by atoms with E-state index in [1.165, 1.54) is 10.1 Å². The van der Waals surface area contributed by atoms with Crippen molar-refractivity contribution in [3.05, 3.63) is 35.2 Å². The SMILES string of the molecule is CCCC(O)(c1ccc2sccc2c1)C(C)NC. The molecule has 0 aliphatic carbocycles. The van der Waals surface area contributed by atoms with Gasteiger partial charge in [0.15, 0.2) is 0 Å². The van der Waals surface area contributed by atoms with Crippen LogP contribution in [0.15, 0.2) is 29.6 Å². The average molecular weight is 263 g/mol. The first-order chi connectivity index (χ1) is 8.61. The molecule has 0 bridgehead atoms. The van der Waals surface area contributed by atoms with Crippen molar-refractivity contribution in [1.82, 2.24) is 5.32 Å². The Morgan fingerprint density at radius 2 is 2.17 bits per heavy atom. The lowest BCUT2D eigenvalue weighted by Crippen LogP contribution is -2.45. The molecule has 2 aromatic rings. The number of thiophene rings is 1. The molecule has 0 amide bonds. The Morgan fingerprint density at radius 1 is 1.39 bits per heavy atom. The highest BCUT2D eigenvalue weighted by molar-refractivity contribution is 7.17. The van der Waals surface area contributed by atoms with Crippen molar-refractivity contribution in [3.63, 3.8) is 0 Å². The molecule has 98 valence electrons. The van der Waals surface area contributed by atoms with Gasteiger partial charge in [0.2, 0.25) is 0 Å². The van der Waals surface area contributed by atoms with E-state index < -0.39 is 5.60 Å². The van der Waals surface area contributed by atoms with E-state index in [0.717, 1.165) is 18.4 Å². The zero-order valence-electron chi connectivity index (χ0n) is 11.2. The lowest BCUT2D eigenvalue weighted by atomic mass is 9.83. The Morgan fingerprint density at radius 3 is 2.83 bits per heavy atom. The van der Waals surface area contributed by atoms with Gasteiger partial charge in [-0.05, 0) is 54.9 Å². The molecule has 0 fully saturated rings. The minimum Gasteiger partial charge on any atom is -0.384 e. The van der Waals surface area contributed by atoms with Crippen LogP contribution in [-0.4, -0.2) is 18.2 Å². The van der Waals surface area contributed by atoms with Crippen molar-refractivity contribution in [2.45, 2.75) is 38.3 Å². The smallest absolute Gasteiger partial charge is 0.105 e. The molecule has 3 heteroatoms. The standard InChI is InChI=1S/C15H21NOS/c1-4-8-15(17,11(2)16-3)13-5-6-14-12(10-13)7-9-18-14/h5-7,9-11,16-17H,4,8H2,1-3H3. The molecule has 2 unspecified atom stereocenters. The molecule has 18 heavy (non-hydrogen) atoms. The van der Waals surface area contributed by atoms with E-state index in [1.807, 2.05) is 14.0 Å². The number of fused-ring (bicyclic) bond motifs is 1. The maximum absolute atomic E-state index is 11.0. The second kappa shape index (κ2) is 5.39. The van der Waals surface area contributed by atoms with Crippen molar-refractivity contribution in [2.24, 2.45) is 0 Å². The quantitative estimate of drug-likeness (QED) is 0.865. The predicted octanol–water partition coefficient (Wildman–Crippen LogP) is 3.50. The summed E-state index contributed by atoms with van der Waals surface area (Å²) < 4.78 is 1.27. The van der Waals surface area contributed by atoms with Crippen LogP contribution in [0.25, 0.3) is 10.1 Å². The third-order valence-corrected chi connectivity index (χ3v) is 4.63. The molecule has 2 atom stereocenters. The summed E-state index contributed by atoms with van der Waals surface area (Å²) in [5, 5.41) is 17.5. The summed E-state index contributed by atoms with van der Waals surface area (Å²) in [6.07, 6.45) is 1.73. The summed E-state index contributed by atoms with van der Waals surface area (Å²) in [6, 6.07) is 8.43. The van der Waals surface area contributed by atoms with Crippen LogP contribution < -0.4 is 5.32 Å². The van der Waals surface area contributed by atoms with Crippen LogP contribution in [0.2, 0.25) is 0 Å². The summed E-state index contributed by atoms with van der Waals surface area (Å²) in [7, 11) is 1.90. The Hall–Kier alpha value is -0.900. The monoisotopic (exact) mass is 263 g/mol. The van der Waals surface area contributed by atoms with Crippen molar-refractivity contribution >= 4 is 21.4 Å². The van der Waals surface area contributed by atoms with Gasteiger partial charge in [0.05, 0.1) is 0 Å². The number of nitrogens with one attached hydrogen (secondary N) is 1. The molecule has 0 aliphatic rings. The normalized spacial score (nSPS) is 16.7. The Labute approximate surface area is 113 Å². The van der Waals surface area contributed by atoms with Gasteiger partial charge in [-0.25, -0.2) is 0 Å². The Kier molecular flexibility index (Phi) is 4.05. The van der Waals surface area contributed by atoms with Gasteiger partial charge in [0.1, 0.15) is 5.60 Å². The largest absolute Gasteiger partial charge is 0.384 e. The number of rotatable bonds is 5. The first-order valence-corrected chi connectivity index (χ1v) is 7.37. The van der Waals surface area contributed by atoms with Crippen molar-refractivity contribution in [2.75, 3.05) is 7.05 Å². The van der Waals surface area contributed by atoms with Gasteiger partial charge in [-0.2, -0.15) is 0 Å². The maximum atomic E-state index is 11.0. The van der Waals surface area contributed by atoms with Crippen molar-refractivity contribution < 1.29 is 5.11 Å². The topological polar surface area (TPSA) is 32.3 Å². The van der Waals surface area contributed by atoms with Crippen LogP contribution in [0.1, 0.15) is 32.3 Å². The second-order valence-electron chi connectivity index (χ2n) is 4.86. The predicted molar refractivity (Wildman–Crippen MR) is 79.2 cm³/mol. The van der Waals surface area contributed by atoms with E-state index in [1.54, 1.807) is 11.3 Å². The molecule has 0 radical (unpaired) electrons. The molecule has 0 saturated heterocycles. The summed E-state index contributed by atoms with van der Waals surface area (Å²) in [5.41, 5.74) is 0.219. The van der Waals surface area contributed by atoms with Gasteiger partial charge in [-0.15, -0.1) is 11.3 Å². The van der Waals surface area contributed by atoms with Crippen LogP contribution in [-0.2, 0) is 5.60 Å². The van der Waals surface area contributed by atoms with Crippen LogP contribution in [0.4, 0.5) is 0 Å². The number of likely N-dealkylation sites (N-methyl/N-ethyl adjacent to an activating group) is 1. The van der Waals surface area contributed by atoms with Crippen LogP contribution in [0.5, 0.6) is 0 Å². The highest BCUT2D eigenvalue weighted by Crippen LogP contribution is 2.33. The summed E-state index contributed by atoms with van der Waals surface area (Å²) >= 11 is 1.74. The highest BCUT2D eigenvalue weighted by atomic mass is 32.1. The summed E-state index contributed by atoms with van der Waals surface area (Å²) in [4.78, 5) is 0. The van der Waals surface area contributed by atoms with Crippen molar-refractivity contribution in [1.29, 1.82) is 0 Å². The van der Waals surface area contributed by atoms with E-state index >= 15 is 0 Å². The van der Waals surface area contributed by atoms with E-state index in [0.29, 0.717) is 0 Å². The fourth-order valence-electron chi connectivity index (χ4n) is 2.47.